The van der Waals surface area contributed by atoms with Gasteiger partial charge in [0.05, 0.1) is 23.3 Å². The van der Waals surface area contributed by atoms with Crippen LogP contribution in [0.4, 0.5) is 5.82 Å². The van der Waals surface area contributed by atoms with Crippen molar-refractivity contribution in [1.82, 2.24) is 4.98 Å². The summed E-state index contributed by atoms with van der Waals surface area (Å²) in [6.07, 6.45) is 0.556. The lowest BCUT2D eigenvalue weighted by atomic mass is 10.2. The number of likely N-dealkylation sites (N-methyl/N-ethyl adjacent to an activating group) is 1. The first kappa shape index (κ1) is 14.7. The molecule has 0 aromatic carbocycles. The predicted octanol–water partition coefficient (Wildman–Crippen LogP) is 0.877. The number of hydrogen-bond acceptors (Lipinski definition) is 5. The van der Waals surface area contributed by atoms with Gasteiger partial charge in [-0.2, -0.15) is 0 Å². The van der Waals surface area contributed by atoms with Gasteiger partial charge in [-0.05, 0) is 6.07 Å². The van der Waals surface area contributed by atoms with Crippen LogP contribution in [0, 0.1) is 0 Å². The molecule has 0 saturated heterocycles. The second-order valence-corrected chi connectivity index (χ2v) is 4.23. The van der Waals surface area contributed by atoms with Crippen molar-refractivity contribution >= 4 is 23.4 Å². The average molecular weight is 275 g/mol. The summed E-state index contributed by atoms with van der Waals surface area (Å²) < 4.78 is 4.81. The zero-order chi connectivity index (χ0) is 13.7. The number of nitrogens with zero attached hydrogens (tertiary/aromatic N) is 2. The molecule has 0 bridgehead atoms. The number of aliphatic hydroxyl groups excluding tert-OH is 1. The first-order chi connectivity index (χ1) is 8.45. The van der Waals surface area contributed by atoms with Gasteiger partial charge in [-0.25, -0.2) is 9.78 Å². The normalized spacial score (nSPS) is 12.2. The molecule has 7 heteroatoms. The molecule has 0 aliphatic heterocycles. The Balaban J connectivity index is 2.80. The van der Waals surface area contributed by atoms with E-state index in [1.54, 1.807) is 11.9 Å². The SMILES string of the molecule is COCC(O)CN(C)c1ncc(C(=O)O)cc1Cl. The minimum absolute atomic E-state index is 0.0228. The van der Waals surface area contributed by atoms with Gasteiger partial charge in [0.25, 0.3) is 0 Å². The van der Waals surface area contributed by atoms with Crippen molar-refractivity contribution in [2.24, 2.45) is 0 Å². The number of aromatic carboxylic acids is 1. The zero-order valence-corrected chi connectivity index (χ0v) is 10.9. The number of aromatic nitrogens is 1. The Morgan fingerprint density at radius 2 is 2.33 bits per heavy atom. The van der Waals surface area contributed by atoms with Gasteiger partial charge in [0.1, 0.15) is 5.82 Å². The highest BCUT2D eigenvalue weighted by atomic mass is 35.5. The number of pyridine rings is 1. The maximum absolute atomic E-state index is 10.7. The van der Waals surface area contributed by atoms with Gasteiger partial charge in [-0.3, -0.25) is 0 Å². The molecular formula is C11H15ClN2O4. The van der Waals surface area contributed by atoms with E-state index in [-0.39, 0.29) is 23.7 Å². The third kappa shape index (κ3) is 3.83. The molecule has 1 unspecified atom stereocenters. The Morgan fingerprint density at radius 1 is 1.67 bits per heavy atom. The van der Waals surface area contributed by atoms with Crippen molar-refractivity contribution in [2.75, 3.05) is 32.2 Å². The van der Waals surface area contributed by atoms with E-state index in [9.17, 15) is 9.90 Å². The number of ether oxygens (including phenoxy) is 1. The first-order valence-electron chi connectivity index (χ1n) is 5.22. The topological polar surface area (TPSA) is 82.9 Å². The fourth-order valence-corrected chi connectivity index (χ4v) is 1.79. The minimum atomic E-state index is -1.09. The molecule has 18 heavy (non-hydrogen) atoms. The number of carboxylic acid groups (broad SMARTS) is 1. The van der Waals surface area contributed by atoms with Crippen LogP contribution >= 0.6 is 11.6 Å². The summed E-state index contributed by atoms with van der Waals surface area (Å²) >= 11 is 5.95. The summed E-state index contributed by atoms with van der Waals surface area (Å²) in [5.74, 6) is -0.671. The van der Waals surface area contributed by atoms with Gasteiger partial charge in [0.15, 0.2) is 0 Å². The lowest BCUT2D eigenvalue weighted by Gasteiger charge is -2.22. The Bertz CT molecular complexity index is 428. The summed E-state index contributed by atoms with van der Waals surface area (Å²) in [7, 11) is 3.20. The molecule has 1 heterocycles. The van der Waals surface area contributed by atoms with Crippen LogP contribution in [0.1, 0.15) is 10.4 Å². The highest BCUT2D eigenvalue weighted by Gasteiger charge is 2.14. The first-order valence-corrected chi connectivity index (χ1v) is 5.60. The standard InChI is InChI=1S/C11H15ClN2O4/c1-14(5-8(15)6-18-2)10-9(12)3-7(4-13-10)11(16)17/h3-4,8,15H,5-6H2,1-2H3,(H,16,17). The number of carboxylic acids is 1. The molecule has 1 aromatic heterocycles. The number of methoxy groups -OCH3 is 1. The Kier molecular flexibility index (Phi) is 5.33. The van der Waals surface area contributed by atoms with Crippen LogP contribution in [0.25, 0.3) is 0 Å². The number of hydrogen-bond donors (Lipinski definition) is 2. The summed E-state index contributed by atoms with van der Waals surface area (Å²) in [6, 6.07) is 1.32. The van der Waals surface area contributed by atoms with Gasteiger partial charge in [-0.1, -0.05) is 11.6 Å². The van der Waals surface area contributed by atoms with Crippen molar-refractivity contribution in [2.45, 2.75) is 6.10 Å². The van der Waals surface area contributed by atoms with Crippen LogP contribution in [0.3, 0.4) is 0 Å². The maximum atomic E-state index is 10.7. The lowest BCUT2D eigenvalue weighted by Crippen LogP contribution is -2.32. The molecule has 0 saturated carbocycles. The third-order valence-electron chi connectivity index (χ3n) is 2.27. The Hall–Kier alpha value is -1.37. The van der Waals surface area contributed by atoms with Gasteiger partial charge >= 0.3 is 5.97 Å². The van der Waals surface area contributed by atoms with Crippen molar-refractivity contribution < 1.29 is 19.7 Å². The molecule has 0 fully saturated rings. The minimum Gasteiger partial charge on any atom is -0.478 e. The summed E-state index contributed by atoms with van der Waals surface area (Å²) in [5, 5.41) is 18.6. The molecule has 0 amide bonds. The maximum Gasteiger partial charge on any atom is 0.337 e. The van der Waals surface area contributed by atoms with Crippen LogP contribution in [-0.4, -0.2) is 54.6 Å². The fourth-order valence-electron chi connectivity index (χ4n) is 1.48. The van der Waals surface area contributed by atoms with Crippen LogP contribution in [0.15, 0.2) is 12.3 Å². The Labute approximate surface area is 110 Å². The third-order valence-corrected chi connectivity index (χ3v) is 2.55. The lowest BCUT2D eigenvalue weighted by molar-refractivity contribution is 0.0690. The second-order valence-electron chi connectivity index (χ2n) is 3.82. The van der Waals surface area contributed by atoms with Crippen molar-refractivity contribution in [3.05, 3.63) is 22.8 Å². The van der Waals surface area contributed by atoms with E-state index in [0.717, 1.165) is 0 Å². The molecular weight excluding hydrogens is 260 g/mol. The molecule has 6 nitrogen and oxygen atoms in total. The molecule has 1 atom stereocenters. The van der Waals surface area contributed by atoms with Crippen molar-refractivity contribution in [3.8, 4) is 0 Å². The average Bonchev–Trinajstić information content (AvgIpc) is 2.28. The molecule has 100 valence electrons. The van der Waals surface area contributed by atoms with Crippen molar-refractivity contribution in [3.63, 3.8) is 0 Å². The highest BCUT2D eigenvalue weighted by Crippen LogP contribution is 2.23. The summed E-state index contributed by atoms with van der Waals surface area (Å²) in [5.41, 5.74) is 0.0228. The van der Waals surface area contributed by atoms with E-state index in [0.29, 0.717) is 5.82 Å². The molecule has 1 aromatic rings. The quantitative estimate of drug-likeness (QED) is 0.801. The second kappa shape index (κ2) is 6.53. The molecule has 0 aliphatic carbocycles. The highest BCUT2D eigenvalue weighted by molar-refractivity contribution is 6.33. The molecule has 0 spiro atoms. The monoisotopic (exact) mass is 274 g/mol. The molecule has 2 N–H and O–H groups in total. The number of halogens is 1. The van der Waals surface area contributed by atoms with E-state index >= 15 is 0 Å². The zero-order valence-electron chi connectivity index (χ0n) is 10.1. The summed E-state index contributed by atoms with van der Waals surface area (Å²) in [4.78, 5) is 16.3. The number of carbonyl (C=O) groups is 1. The van der Waals surface area contributed by atoms with E-state index in [2.05, 4.69) is 4.98 Å². The fraction of sp³-hybridized carbons (Fsp3) is 0.455. The van der Waals surface area contributed by atoms with Crippen LogP contribution in [-0.2, 0) is 4.74 Å². The molecule has 0 aliphatic rings. The van der Waals surface area contributed by atoms with Gasteiger partial charge in [0, 0.05) is 26.9 Å². The Morgan fingerprint density at radius 3 is 2.83 bits per heavy atom. The van der Waals surface area contributed by atoms with Crippen LogP contribution in [0.2, 0.25) is 5.02 Å². The molecule has 0 radical (unpaired) electrons. The predicted molar refractivity (Wildman–Crippen MR) is 67.4 cm³/mol. The van der Waals surface area contributed by atoms with Gasteiger partial charge < -0.3 is 19.8 Å². The van der Waals surface area contributed by atoms with E-state index in [1.165, 1.54) is 19.4 Å². The summed E-state index contributed by atoms with van der Waals surface area (Å²) in [6.45, 7) is 0.488. The number of aliphatic hydroxyl groups is 1. The number of anilines is 1. The van der Waals surface area contributed by atoms with Gasteiger partial charge in [0.2, 0.25) is 0 Å². The largest absolute Gasteiger partial charge is 0.478 e. The van der Waals surface area contributed by atoms with E-state index in [4.69, 9.17) is 21.4 Å². The van der Waals surface area contributed by atoms with Crippen molar-refractivity contribution in [1.29, 1.82) is 0 Å². The molecule has 1 rings (SSSR count). The van der Waals surface area contributed by atoms with E-state index in [1.807, 2.05) is 0 Å². The van der Waals surface area contributed by atoms with E-state index < -0.39 is 12.1 Å². The van der Waals surface area contributed by atoms with Crippen LogP contribution < -0.4 is 4.90 Å². The number of rotatable bonds is 6. The van der Waals surface area contributed by atoms with Gasteiger partial charge in [-0.15, -0.1) is 0 Å². The smallest absolute Gasteiger partial charge is 0.337 e. The van der Waals surface area contributed by atoms with Crippen LogP contribution in [0.5, 0.6) is 0 Å².